The van der Waals surface area contributed by atoms with Crippen molar-refractivity contribution in [1.82, 2.24) is 0 Å². The summed E-state index contributed by atoms with van der Waals surface area (Å²) in [4.78, 5) is 4.19. The molecule has 0 aromatic rings. The summed E-state index contributed by atoms with van der Waals surface area (Å²) < 4.78 is 12.6. The highest BCUT2D eigenvalue weighted by Crippen LogP contribution is 2.30. The Labute approximate surface area is 54.1 Å². The van der Waals surface area contributed by atoms with Gasteiger partial charge in [0.15, 0.2) is 0 Å². The summed E-state index contributed by atoms with van der Waals surface area (Å²) >= 11 is 0. The zero-order valence-electron chi connectivity index (χ0n) is 5.35. The summed E-state index contributed by atoms with van der Waals surface area (Å²) in [7, 11) is 0. The molecule has 1 saturated carbocycles. The van der Waals surface area contributed by atoms with E-state index in [4.69, 9.17) is 5.90 Å². The topological polar surface area (TPSA) is 35.2 Å². The quantitative estimate of drug-likeness (QED) is 0.583. The first-order valence-corrected chi connectivity index (χ1v) is 3.30. The van der Waals surface area contributed by atoms with Crippen LogP contribution in [-0.2, 0) is 4.84 Å². The van der Waals surface area contributed by atoms with Crippen molar-refractivity contribution in [3.63, 3.8) is 0 Å². The van der Waals surface area contributed by atoms with Gasteiger partial charge in [-0.2, -0.15) is 0 Å². The van der Waals surface area contributed by atoms with Crippen LogP contribution in [0.5, 0.6) is 0 Å². The maximum atomic E-state index is 12.6. The predicted molar refractivity (Wildman–Crippen MR) is 32.4 cm³/mol. The van der Waals surface area contributed by atoms with Gasteiger partial charge in [0.05, 0.1) is 6.61 Å². The molecule has 0 aliphatic heterocycles. The fraction of sp³-hybridized carbons (Fsp3) is 1.00. The first-order valence-electron chi connectivity index (χ1n) is 3.30. The molecule has 1 unspecified atom stereocenters. The molecule has 0 heterocycles. The van der Waals surface area contributed by atoms with E-state index in [2.05, 4.69) is 4.84 Å². The third-order valence-electron chi connectivity index (χ3n) is 1.92. The fourth-order valence-corrected chi connectivity index (χ4v) is 1.03. The molecule has 1 aliphatic carbocycles. The van der Waals surface area contributed by atoms with E-state index in [0.717, 1.165) is 19.3 Å². The molecular formula is C6H12FNO. The number of rotatable bonds is 3. The Bertz CT molecular complexity index is 85.1. The van der Waals surface area contributed by atoms with Crippen molar-refractivity contribution in [2.24, 2.45) is 11.8 Å². The van der Waals surface area contributed by atoms with Gasteiger partial charge in [-0.3, -0.25) is 0 Å². The first kappa shape index (κ1) is 6.96. The summed E-state index contributed by atoms with van der Waals surface area (Å²) in [5.74, 6) is 4.94. The van der Waals surface area contributed by atoms with Gasteiger partial charge >= 0.3 is 0 Å². The third kappa shape index (κ3) is 1.63. The minimum Gasteiger partial charge on any atom is -0.302 e. The number of hydrogen-bond donors (Lipinski definition) is 1. The average molecular weight is 133 g/mol. The molecule has 1 atom stereocenters. The SMILES string of the molecule is NOCC(F)C1CCC1. The minimum atomic E-state index is -0.830. The number of hydrogen-bond acceptors (Lipinski definition) is 2. The molecule has 9 heavy (non-hydrogen) atoms. The molecule has 0 amide bonds. The van der Waals surface area contributed by atoms with E-state index in [1.165, 1.54) is 0 Å². The second-order valence-corrected chi connectivity index (χ2v) is 2.54. The normalized spacial score (nSPS) is 23.3. The summed E-state index contributed by atoms with van der Waals surface area (Å²) in [5.41, 5.74) is 0. The van der Waals surface area contributed by atoms with E-state index < -0.39 is 6.17 Å². The van der Waals surface area contributed by atoms with Crippen molar-refractivity contribution < 1.29 is 9.23 Å². The van der Waals surface area contributed by atoms with E-state index in [0.29, 0.717) is 0 Å². The van der Waals surface area contributed by atoms with Gasteiger partial charge in [0, 0.05) is 0 Å². The van der Waals surface area contributed by atoms with Crippen LogP contribution in [0.1, 0.15) is 19.3 Å². The lowest BCUT2D eigenvalue weighted by Crippen LogP contribution is -2.28. The maximum Gasteiger partial charge on any atom is 0.128 e. The predicted octanol–water partition coefficient (Wildman–Crippen LogP) is 1.01. The fourth-order valence-electron chi connectivity index (χ4n) is 1.03. The van der Waals surface area contributed by atoms with Crippen LogP contribution < -0.4 is 5.90 Å². The molecule has 1 rings (SSSR count). The Morgan fingerprint density at radius 1 is 1.67 bits per heavy atom. The zero-order chi connectivity index (χ0) is 6.69. The van der Waals surface area contributed by atoms with Crippen molar-refractivity contribution in [2.75, 3.05) is 6.61 Å². The van der Waals surface area contributed by atoms with Gasteiger partial charge in [0.1, 0.15) is 6.17 Å². The standard InChI is InChI=1S/C6H12FNO/c7-6(4-9-8)5-2-1-3-5/h5-6H,1-4,8H2. The third-order valence-corrected chi connectivity index (χ3v) is 1.92. The van der Waals surface area contributed by atoms with Gasteiger partial charge in [-0.05, 0) is 18.8 Å². The summed E-state index contributed by atoms with van der Waals surface area (Å²) in [6.45, 7) is 0.0602. The molecule has 54 valence electrons. The maximum absolute atomic E-state index is 12.6. The van der Waals surface area contributed by atoms with Crippen LogP contribution in [0, 0.1) is 5.92 Å². The van der Waals surface area contributed by atoms with Gasteiger partial charge < -0.3 is 4.84 Å². The van der Waals surface area contributed by atoms with E-state index in [-0.39, 0.29) is 12.5 Å². The molecule has 3 heteroatoms. The van der Waals surface area contributed by atoms with E-state index >= 15 is 0 Å². The average Bonchev–Trinajstić information content (AvgIpc) is 1.60. The van der Waals surface area contributed by atoms with Gasteiger partial charge in [-0.15, -0.1) is 0 Å². The van der Waals surface area contributed by atoms with Gasteiger partial charge in [0.2, 0.25) is 0 Å². The van der Waals surface area contributed by atoms with Crippen LogP contribution in [0.3, 0.4) is 0 Å². The lowest BCUT2D eigenvalue weighted by Gasteiger charge is -2.27. The number of nitrogens with two attached hydrogens (primary N) is 1. The van der Waals surface area contributed by atoms with Crippen LogP contribution in [0.25, 0.3) is 0 Å². The van der Waals surface area contributed by atoms with Crippen molar-refractivity contribution in [3.8, 4) is 0 Å². The lowest BCUT2D eigenvalue weighted by atomic mass is 9.82. The highest BCUT2D eigenvalue weighted by atomic mass is 19.1. The largest absolute Gasteiger partial charge is 0.302 e. The van der Waals surface area contributed by atoms with Crippen LogP contribution in [0.15, 0.2) is 0 Å². The van der Waals surface area contributed by atoms with Crippen molar-refractivity contribution >= 4 is 0 Å². The monoisotopic (exact) mass is 133 g/mol. The Kier molecular flexibility index (Phi) is 2.42. The van der Waals surface area contributed by atoms with Crippen LogP contribution in [0.2, 0.25) is 0 Å². The molecule has 0 bridgehead atoms. The van der Waals surface area contributed by atoms with Gasteiger partial charge in [0.25, 0.3) is 0 Å². The van der Waals surface area contributed by atoms with Crippen molar-refractivity contribution in [1.29, 1.82) is 0 Å². The van der Waals surface area contributed by atoms with E-state index in [1.54, 1.807) is 0 Å². The van der Waals surface area contributed by atoms with Gasteiger partial charge in [-0.1, -0.05) is 6.42 Å². The molecule has 0 aromatic heterocycles. The first-order chi connectivity index (χ1) is 4.34. The number of halogens is 1. The summed E-state index contributed by atoms with van der Waals surface area (Å²) in [6.07, 6.45) is 2.34. The summed E-state index contributed by atoms with van der Waals surface area (Å²) in [6, 6.07) is 0. The van der Waals surface area contributed by atoms with E-state index in [1.807, 2.05) is 0 Å². The zero-order valence-corrected chi connectivity index (χ0v) is 5.35. The molecule has 0 saturated heterocycles. The summed E-state index contributed by atoms with van der Waals surface area (Å²) in [5, 5.41) is 0. The molecule has 0 aromatic carbocycles. The highest BCUT2D eigenvalue weighted by molar-refractivity contribution is 4.76. The minimum absolute atomic E-state index is 0.0602. The van der Waals surface area contributed by atoms with E-state index in [9.17, 15) is 4.39 Å². The molecule has 0 spiro atoms. The van der Waals surface area contributed by atoms with Crippen molar-refractivity contribution in [2.45, 2.75) is 25.4 Å². The Morgan fingerprint density at radius 3 is 2.67 bits per heavy atom. The lowest BCUT2D eigenvalue weighted by molar-refractivity contribution is 0.0325. The van der Waals surface area contributed by atoms with Crippen molar-refractivity contribution in [3.05, 3.63) is 0 Å². The van der Waals surface area contributed by atoms with Gasteiger partial charge in [-0.25, -0.2) is 10.3 Å². The Morgan fingerprint density at radius 2 is 2.33 bits per heavy atom. The molecule has 1 fully saturated rings. The molecule has 2 N–H and O–H groups in total. The Balaban J connectivity index is 2.08. The van der Waals surface area contributed by atoms with Crippen LogP contribution >= 0.6 is 0 Å². The molecule has 1 aliphatic rings. The molecule has 2 nitrogen and oxygen atoms in total. The smallest absolute Gasteiger partial charge is 0.128 e. The molecular weight excluding hydrogens is 121 g/mol. The molecule has 0 radical (unpaired) electrons. The second-order valence-electron chi connectivity index (χ2n) is 2.54. The van der Waals surface area contributed by atoms with Crippen LogP contribution in [0.4, 0.5) is 4.39 Å². The number of alkyl halides is 1. The second kappa shape index (κ2) is 3.13. The Hall–Kier alpha value is -0.150. The van der Waals surface area contributed by atoms with Crippen LogP contribution in [-0.4, -0.2) is 12.8 Å². The highest BCUT2D eigenvalue weighted by Gasteiger charge is 2.26.